The van der Waals surface area contributed by atoms with E-state index < -0.39 is 30.9 Å². The molecule has 0 aromatic heterocycles. The Morgan fingerprint density at radius 1 is 1.04 bits per heavy atom. The Kier molecular flexibility index (Phi) is 4.89. The van der Waals surface area contributed by atoms with Crippen LogP contribution in [0.1, 0.15) is 5.56 Å². The summed E-state index contributed by atoms with van der Waals surface area (Å²) in [5.41, 5.74) is 0.323. The molecule has 25 heavy (non-hydrogen) atoms. The summed E-state index contributed by atoms with van der Waals surface area (Å²) >= 11 is 5.75. The molecule has 1 aliphatic heterocycles. The standard InChI is InChI=1S/C16H15ClFNO4S2/c17-13-4-6-15(7-5-13)25(22,23)16-9-19(10-16)24(20,21)11-12-2-1-3-14(18)8-12/h1-8,16H,9-11H2. The molecule has 3 rings (SSSR count). The van der Waals surface area contributed by atoms with Crippen molar-refractivity contribution < 1.29 is 21.2 Å². The van der Waals surface area contributed by atoms with Crippen molar-refractivity contribution in [3.05, 3.63) is 64.9 Å². The highest BCUT2D eigenvalue weighted by Gasteiger charge is 2.43. The molecule has 9 heteroatoms. The Morgan fingerprint density at radius 3 is 2.28 bits per heavy atom. The summed E-state index contributed by atoms with van der Waals surface area (Å²) in [6.07, 6.45) is 0. The highest BCUT2D eigenvalue weighted by molar-refractivity contribution is 7.92. The van der Waals surface area contributed by atoms with E-state index in [0.717, 1.165) is 10.4 Å². The van der Waals surface area contributed by atoms with Gasteiger partial charge < -0.3 is 0 Å². The molecular weight excluding hydrogens is 389 g/mol. The molecule has 0 saturated carbocycles. The first kappa shape index (κ1) is 18.3. The fourth-order valence-electron chi connectivity index (χ4n) is 2.57. The molecule has 0 atom stereocenters. The van der Waals surface area contributed by atoms with E-state index in [-0.39, 0.29) is 23.7 Å². The molecule has 2 aromatic rings. The van der Waals surface area contributed by atoms with Gasteiger partial charge in [0.1, 0.15) is 5.82 Å². The maximum atomic E-state index is 13.2. The summed E-state index contributed by atoms with van der Waals surface area (Å²) in [6.45, 7) is -0.217. The van der Waals surface area contributed by atoms with Gasteiger partial charge in [-0.2, -0.15) is 4.31 Å². The highest BCUT2D eigenvalue weighted by Crippen LogP contribution is 2.27. The van der Waals surface area contributed by atoms with E-state index in [1.165, 1.54) is 42.5 Å². The predicted octanol–water partition coefficient (Wildman–Crippen LogP) is 2.47. The van der Waals surface area contributed by atoms with Gasteiger partial charge in [-0.3, -0.25) is 0 Å². The van der Waals surface area contributed by atoms with Crippen molar-refractivity contribution in [3.63, 3.8) is 0 Å². The lowest BCUT2D eigenvalue weighted by Gasteiger charge is -2.37. The molecule has 0 unspecified atom stereocenters. The largest absolute Gasteiger partial charge is 0.223 e. The van der Waals surface area contributed by atoms with Crippen molar-refractivity contribution >= 4 is 31.5 Å². The number of halogens is 2. The summed E-state index contributed by atoms with van der Waals surface area (Å²) in [5, 5.41) is -0.372. The summed E-state index contributed by atoms with van der Waals surface area (Å²) in [5.74, 6) is -0.877. The average Bonchev–Trinajstić information content (AvgIpc) is 2.44. The summed E-state index contributed by atoms with van der Waals surface area (Å²) in [4.78, 5) is 0.115. The lowest BCUT2D eigenvalue weighted by molar-refractivity contribution is 0.309. The van der Waals surface area contributed by atoms with Crippen LogP contribution in [0.2, 0.25) is 5.02 Å². The van der Waals surface area contributed by atoms with Crippen molar-refractivity contribution in [2.75, 3.05) is 13.1 Å². The van der Waals surface area contributed by atoms with Gasteiger partial charge in [0.05, 0.1) is 15.9 Å². The number of benzene rings is 2. The van der Waals surface area contributed by atoms with E-state index in [1.807, 2.05) is 0 Å². The smallest absolute Gasteiger partial charge is 0.218 e. The van der Waals surface area contributed by atoms with Crippen molar-refractivity contribution in [2.24, 2.45) is 0 Å². The van der Waals surface area contributed by atoms with Gasteiger partial charge in [-0.05, 0) is 42.0 Å². The van der Waals surface area contributed by atoms with E-state index in [9.17, 15) is 21.2 Å². The first-order valence-electron chi connectivity index (χ1n) is 7.40. The number of hydrogen-bond acceptors (Lipinski definition) is 4. The minimum atomic E-state index is -3.69. The maximum absolute atomic E-state index is 13.2. The SMILES string of the molecule is O=S(=O)(c1ccc(Cl)cc1)C1CN(S(=O)(=O)Cc2cccc(F)c2)C1. The molecule has 0 radical (unpaired) electrons. The van der Waals surface area contributed by atoms with Crippen molar-refractivity contribution in [3.8, 4) is 0 Å². The molecule has 1 fully saturated rings. The minimum Gasteiger partial charge on any atom is -0.223 e. The second-order valence-corrected chi connectivity index (χ2v) is 10.5. The van der Waals surface area contributed by atoms with Crippen molar-refractivity contribution in [2.45, 2.75) is 15.9 Å². The Hall–Kier alpha value is -1.48. The molecule has 5 nitrogen and oxygen atoms in total. The highest BCUT2D eigenvalue weighted by atomic mass is 35.5. The van der Waals surface area contributed by atoms with Gasteiger partial charge in [0.15, 0.2) is 9.84 Å². The van der Waals surface area contributed by atoms with Gasteiger partial charge >= 0.3 is 0 Å². The summed E-state index contributed by atoms with van der Waals surface area (Å²) < 4.78 is 63.9. The Morgan fingerprint density at radius 2 is 1.68 bits per heavy atom. The third-order valence-corrected chi connectivity index (χ3v) is 8.17. The summed E-state index contributed by atoms with van der Waals surface area (Å²) in [7, 11) is -7.31. The molecule has 0 spiro atoms. The van der Waals surface area contributed by atoms with Gasteiger partial charge in [-0.15, -0.1) is 0 Å². The Balaban J connectivity index is 1.69. The van der Waals surface area contributed by atoms with Crippen LogP contribution >= 0.6 is 11.6 Å². The van der Waals surface area contributed by atoms with E-state index in [2.05, 4.69) is 0 Å². The van der Waals surface area contributed by atoms with Gasteiger partial charge in [0.2, 0.25) is 10.0 Å². The first-order valence-corrected chi connectivity index (χ1v) is 10.9. The van der Waals surface area contributed by atoms with E-state index in [0.29, 0.717) is 10.6 Å². The molecule has 0 amide bonds. The zero-order valence-corrected chi connectivity index (χ0v) is 15.4. The van der Waals surface area contributed by atoms with Gasteiger partial charge in [0.25, 0.3) is 0 Å². The van der Waals surface area contributed by atoms with Gasteiger partial charge in [-0.1, -0.05) is 23.7 Å². The quantitative estimate of drug-likeness (QED) is 0.768. The minimum absolute atomic E-state index is 0.109. The second-order valence-electron chi connectivity index (χ2n) is 5.82. The van der Waals surface area contributed by atoms with Crippen LogP contribution < -0.4 is 0 Å². The van der Waals surface area contributed by atoms with Crippen LogP contribution in [-0.4, -0.2) is 39.5 Å². The molecule has 134 valence electrons. The molecule has 0 aliphatic carbocycles. The zero-order chi connectivity index (χ0) is 18.2. The van der Waals surface area contributed by atoms with Crippen LogP contribution in [0, 0.1) is 5.82 Å². The topological polar surface area (TPSA) is 71.5 Å². The zero-order valence-electron chi connectivity index (χ0n) is 13.0. The second kappa shape index (κ2) is 6.68. The molecular formula is C16H15ClFNO4S2. The Bertz CT molecular complexity index is 985. The number of hydrogen-bond donors (Lipinski definition) is 0. The monoisotopic (exact) mass is 403 g/mol. The van der Waals surface area contributed by atoms with Crippen LogP contribution in [0.5, 0.6) is 0 Å². The van der Waals surface area contributed by atoms with Crippen LogP contribution in [-0.2, 0) is 25.6 Å². The third-order valence-electron chi connectivity index (χ3n) is 4.03. The van der Waals surface area contributed by atoms with Gasteiger partial charge in [-0.25, -0.2) is 21.2 Å². The maximum Gasteiger partial charge on any atom is 0.218 e. The fraction of sp³-hybridized carbons (Fsp3) is 0.250. The number of rotatable bonds is 5. The van der Waals surface area contributed by atoms with Crippen LogP contribution in [0.25, 0.3) is 0 Å². The van der Waals surface area contributed by atoms with Crippen LogP contribution in [0.15, 0.2) is 53.4 Å². The normalized spacial score (nSPS) is 16.6. The fourth-order valence-corrected chi connectivity index (χ4v) is 6.13. The molecule has 1 saturated heterocycles. The predicted molar refractivity (Wildman–Crippen MR) is 93.0 cm³/mol. The molecule has 0 N–H and O–H groups in total. The van der Waals surface area contributed by atoms with Crippen LogP contribution in [0.3, 0.4) is 0 Å². The van der Waals surface area contributed by atoms with Crippen molar-refractivity contribution in [1.29, 1.82) is 0 Å². The van der Waals surface area contributed by atoms with E-state index in [4.69, 9.17) is 11.6 Å². The lowest BCUT2D eigenvalue weighted by atomic mass is 10.2. The molecule has 1 aliphatic rings. The summed E-state index contributed by atoms with van der Waals surface area (Å²) in [6, 6.07) is 11.1. The molecule has 1 heterocycles. The van der Waals surface area contributed by atoms with Crippen molar-refractivity contribution in [1.82, 2.24) is 4.31 Å². The number of sulfone groups is 1. The van der Waals surface area contributed by atoms with Crippen LogP contribution in [0.4, 0.5) is 4.39 Å². The first-order chi connectivity index (χ1) is 11.7. The van der Waals surface area contributed by atoms with Gasteiger partial charge in [0, 0.05) is 18.1 Å². The average molecular weight is 404 g/mol. The number of sulfonamides is 1. The van der Waals surface area contributed by atoms with E-state index in [1.54, 1.807) is 0 Å². The number of nitrogens with zero attached hydrogens (tertiary/aromatic N) is 1. The lowest BCUT2D eigenvalue weighted by Crippen LogP contribution is -2.56. The molecule has 2 aromatic carbocycles. The third kappa shape index (κ3) is 3.87. The molecule has 0 bridgehead atoms. The Labute approximate surface area is 151 Å². The van der Waals surface area contributed by atoms with E-state index >= 15 is 0 Å².